The summed E-state index contributed by atoms with van der Waals surface area (Å²) in [6.45, 7) is 0. The van der Waals surface area contributed by atoms with Crippen LogP contribution in [0.4, 0.5) is 13.2 Å². The SMILES string of the molecule is CNC(CC1Cc2ccccc21)c1c(F)cc(F)cc1F. The molecule has 1 N–H and O–H groups in total. The smallest absolute Gasteiger partial charge is 0.133 e. The molecule has 21 heavy (non-hydrogen) atoms. The Morgan fingerprint density at radius 3 is 2.43 bits per heavy atom. The minimum absolute atomic E-state index is 0.0803. The molecular formula is C17H16F3N. The van der Waals surface area contributed by atoms with Gasteiger partial charge in [-0.1, -0.05) is 24.3 Å². The van der Waals surface area contributed by atoms with Crippen LogP contribution in [-0.2, 0) is 6.42 Å². The molecule has 4 heteroatoms. The maximum Gasteiger partial charge on any atom is 0.133 e. The van der Waals surface area contributed by atoms with Crippen LogP contribution in [0.2, 0.25) is 0 Å². The van der Waals surface area contributed by atoms with Gasteiger partial charge in [-0.05, 0) is 36.9 Å². The van der Waals surface area contributed by atoms with Gasteiger partial charge >= 0.3 is 0 Å². The third-order valence-electron chi connectivity index (χ3n) is 4.22. The number of hydrogen-bond acceptors (Lipinski definition) is 1. The van der Waals surface area contributed by atoms with E-state index in [9.17, 15) is 13.2 Å². The highest BCUT2D eigenvalue weighted by Crippen LogP contribution is 2.41. The lowest BCUT2D eigenvalue weighted by Crippen LogP contribution is -2.26. The lowest BCUT2D eigenvalue weighted by atomic mass is 9.73. The lowest BCUT2D eigenvalue weighted by Gasteiger charge is -2.33. The Hall–Kier alpha value is -1.81. The molecule has 0 saturated carbocycles. The first-order chi connectivity index (χ1) is 10.1. The van der Waals surface area contributed by atoms with E-state index < -0.39 is 23.5 Å². The van der Waals surface area contributed by atoms with E-state index in [1.165, 1.54) is 11.1 Å². The van der Waals surface area contributed by atoms with Crippen LogP contribution in [0.25, 0.3) is 0 Å². The normalized spacial score (nSPS) is 18.0. The molecule has 0 radical (unpaired) electrons. The number of halogens is 3. The van der Waals surface area contributed by atoms with Crippen LogP contribution in [0.5, 0.6) is 0 Å². The highest BCUT2D eigenvalue weighted by Gasteiger charge is 2.30. The Bertz CT molecular complexity index is 646. The summed E-state index contributed by atoms with van der Waals surface area (Å²) in [6, 6.07) is 9.08. The van der Waals surface area contributed by atoms with E-state index in [-0.39, 0.29) is 11.5 Å². The van der Waals surface area contributed by atoms with E-state index in [0.717, 1.165) is 18.6 Å². The molecule has 0 aromatic heterocycles. The second kappa shape index (κ2) is 5.53. The van der Waals surface area contributed by atoms with Crippen molar-refractivity contribution in [1.82, 2.24) is 5.32 Å². The van der Waals surface area contributed by atoms with Gasteiger partial charge in [0.05, 0.1) is 0 Å². The molecule has 2 aromatic carbocycles. The fourth-order valence-corrected chi connectivity index (χ4v) is 3.12. The summed E-state index contributed by atoms with van der Waals surface area (Å²) in [7, 11) is 1.66. The summed E-state index contributed by atoms with van der Waals surface area (Å²) in [6.07, 6.45) is 1.51. The summed E-state index contributed by atoms with van der Waals surface area (Å²) >= 11 is 0. The first-order valence-electron chi connectivity index (χ1n) is 6.99. The molecular weight excluding hydrogens is 275 g/mol. The molecule has 110 valence electrons. The average Bonchev–Trinajstić information content (AvgIpc) is 2.41. The Morgan fingerprint density at radius 2 is 1.81 bits per heavy atom. The third-order valence-corrected chi connectivity index (χ3v) is 4.22. The van der Waals surface area contributed by atoms with Gasteiger partial charge in [0, 0.05) is 23.7 Å². The first-order valence-corrected chi connectivity index (χ1v) is 6.99. The minimum Gasteiger partial charge on any atom is -0.313 e. The topological polar surface area (TPSA) is 12.0 Å². The van der Waals surface area contributed by atoms with E-state index in [0.29, 0.717) is 6.42 Å². The fraction of sp³-hybridized carbons (Fsp3) is 0.294. The molecule has 0 heterocycles. The van der Waals surface area contributed by atoms with Crippen molar-refractivity contribution in [3.05, 3.63) is 70.5 Å². The number of rotatable bonds is 4. The summed E-state index contributed by atoms with van der Waals surface area (Å²) in [5.41, 5.74) is 2.45. The second-order valence-electron chi connectivity index (χ2n) is 5.46. The van der Waals surface area contributed by atoms with Crippen molar-refractivity contribution in [1.29, 1.82) is 0 Å². The summed E-state index contributed by atoms with van der Waals surface area (Å²) in [4.78, 5) is 0. The van der Waals surface area contributed by atoms with Crippen LogP contribution in [-0.4, -0.2) is 7.05 Å². The van der Waals surface area contributed by atoms with Gasteiger partial charge in [0.15, 0.2) is 0 Å². The van der Waals surface area contributed by atoms with E-state index in [1.807, 2.05) is 18.2 Å². The molecule has 0 bridgehead atoms. The second-order valence-corrected chi connectivity index (χ2v) is 5.46. The van der Waals surface area contributed by atoms with Gasteiger partial charge in [-0.15, -0.1) is 0 Å². The van der Waals surface area contributed by atoms with Crippen LogP contribution in [0.3, 0.4) is 0 Å². The average molecular weight is 291 g/mol. The Balaban J connectivity index is 1.85. The molecule has 0 fully saturated rings. The third kappa shape index (κ3) is 2.56. The first kappa shape index (κ1) is 14.1. The predicted molar refractivity (Wildman–Crippen MR) is 75.6 cm³/mol. The zero-order valence-electron chi connectivity index (χ0n) is 11.7. The van der Waals surface area contributed by atoms with Gasteiger partial charge in [0.2, 0.25) is 0 Å². The molecule has 1 aliphatic rings. The quantitative estimate of drug-likeness (QED) is 0.894. The van der Waals surface area contributed by atoms with Crippen molar-refractivity contribution in [2.24, 2.45) is 0 Å². The fourth-order valence-electron chi connectivity index (χ4n) is 3.12. The molecule has 1 nitrogen and oxygen atoms in total. The van der Waals surface area contributed by atoms with Gasteiger partial charge in [-0.3, -0.25) is 0 Å². The molecule has 2 atom stereocenters. The molecule has 1 aliphatic carbocycles. The van der Waals surface area contributed by atoms with Crippen molar-refractivity contribution in [2.75, 3.05) is 7.05 Å². The minimum atomic E-state index is -0.891. The van der Waals surface area contributed by atoms with E-state index in [2.05, 4.69) is 11.4 Å². The van der Waals surface area contributed by atoms with Crippen molar-refractivity contribution in [2.45, 2.75) is 24.8 Å². The van der Waals surface area contributed by atoms with Crippen LogP contribution in [0, 0.1) is 17.5 Å². The van der Waals surface area contributed by atoms with Crippen molar-refractivity contribution in [3.63, 3.8) is 0 Å². The Kier molecular flexibility index (Phi) is 3.72. The molecule has 2 aromatic rings. The molecule has 3 rings (SSSR count). The molecule has 0 aliphatic heterocycles. The highest BCUT2D eigenvalue weighted by molar-refractivity contribution is 5.40. The van der Waals surface area contributed by atoms with Crippen LogP contribution in [0.15, 0.2) is 36.4 Å². The van der Waals surface area contributed by atoms with Crippen LogP contribution < -0.4 is 5.32 Å². The van der Waals surface area contributed by atoms with Crippen LogP contribution >= 0.6 is 0 Å². The van der Waals surface area contributed by atoms with Gasteiger partial charge in [0.1, 0.15) is 17.5 Å². The molecule has 0 spiro atoms. The monoisotopic (exact) mass is 291 g/mol. The van der Waals surface area contributed by atoms with Crippen molar-refractivity contribution in [3.8, 4) is 0 Å². The Labute approximate surface area is 121 Å². The summed E-state index contributed by atoms with van der Waals surface area (Å²) < 4.78 is 40.8. The summed E-state index contributed by atoms with van der Waals surface area (Å²) in [5, 5.41) is 2.95. The highest BCUT2D eigenvalue weighted by atomic mass is 19.1. The van der Waals surface area contributed by atoms with Gasteiger partial charge in [-0.2, -0.15) is 0 Å². The van der Waals surface area contributed by atoms with Crippen molar-refractivity contribution < 1.29 is 13.2 Å². The number of hydrogen-bond donors (Lipinski definition) is 1. The molecule has 2 unspecified atom stereocenters. The molecule has 0 saturated heterocycles. The van der Waals surface area contributed by atoms with Gasteiger partial charge in [0.25, 0.3) is 0 Å². The predicted octanol–water partition coefficient (Wildman–Crippen LogP) is 4.09. The zero-order valence-corrected chi connectivity index (χ0v) is 11.7. The maximum atomic E-state index is 13.9. The largest absolute Gasteiger partial charge is 0.313 e. The standard InChI is InChI=1S/C17H16F3N/c1-21-16(17-14(19)8-12(18)9-15(17)20)7-11-6-10-4-2-3-5-13(10)11/h2-5,8-9,11,16,21H,6-7H2,1H3. The van der Waals surface area contributed by atoms with E-state index >= 15 is 0 Å². The number of benzene rings is 2. The summed E-state index contributed by atoms with van der Waals surface area (Å²) in [5.74, 6) is -2.28. The maximum absolute atomic E-state index is 13.9. The van der Waals surface area contributed by atoms with E-state index in [1.54, 1.807) is 7.05 Å². The number of fused-ring (bicyclic) bond motifs is 1. The zero-order chi connectivity index (χ0) is 15.0. The Morgan fingerprint density at radius 1 is 1.14 bits per heavy atom. The van der Waals surface area contributed by atoms with Crippen molar-refractivity contribution >= 4 is 0 Å². The van der Waals surface area contributed by atoms with Crippen LogP contribution in [0.1, 0.15) is 35.1 Å². The van der Waals surface area contributed by atoms with Gasteiger partial charge in [-0.25, -0.2) is 13.2 Å². The number of nitrogens with one attached hydrogen (secondary N) is 1. The van der Waals surface area contributed by atoms with Gasteiger partial charge < -0.3 is 5.32 Å². The lowest BCUT2D eigenvalue weighted by molar-refractivity contribution is 0.415. The van der Waals surface area contributed by atoms with E-state index in [4.69, 9.17) is 0 Å². The molecule has 0 amide bonds.